The van der Waals surface area contributed by atoms with Crippen LogP contribution in [0, 0.1) is 0 Å². The Hall–Kier alpha value is -2.83. The van der Waals surface area contributed by atoms with Crippen molar-refractivity contribution in [1.29, 1.82) is 0 Å². The van der Waals surface area contributed by atoms with Gasteiger partial charge < -0.3 is 65.1 Å². The number of aliphatic hydroxyl groups is 8. The molecule has 0 aromatic heterocycles. The zero-order valence-electron chi connectivity index (χ0n) is 53.3. The first-order chi connectivity index (χ1) is 41.6. The molecule has 0 aromatic carbocycles. The lowest BCUT2D eigenvalue weighted by Crippen LogP contribution is -2.65. The molecule has 9 N–H and O–H groups in total. The molecule has 0 spiro atoms. The molecule has 12 atom stereocenters. The van der Waals surface area contributed by atoms with Crippen LogP contribution in [0.4, 0.5) is 0 Å². The van der Waals surface area contributed by atoms with Gasteiger partial charge in [0.2, 0.25) is 5.91 Å². The Bertz CT molecular complexity index is 1750. The number of rotatable bonds is 55. The third kappa shape index (κ3) is 39.7. The Morgan fingerprint density at radius 2 is 0.812 bits per heavy atom. The molecular weight excluding hydrogens is 1070 g/mol. The minimum atomic E-state index is -1.79. The zero-order valence-corrected chi connectivity index (χ0v) is 53.3. The van der Waals surface area contributed by atoms with E-state index in [0.29, 0.717) is 12.8 Å². The number of carbonyl (C=O) groups is 1. The minimum Gasteiger partial charge on any atom is -0.394 e. The molecule has 12 unspecified atom stereocenters. The Labute approximate surface area is 516 Å². The molecule has 2 aliphatic heterocycles. The van der Waals surface area contributed by atoms with Crippen LogP contribution < -0.4 is 5.32 Å². The summed E-state index contributed by atoms with van der Waals surface area (Å²) in [6.45, 7) is 2.76. The van der Waals surface area contributed by atoms with Crippen molar-refractivity contribution in [2.45, 2.75) is 338 Å². The molecule has 2 fully saturated rings. The normalized spacial score (nSPS) is 24.1. The van der Waals surface area contributed by atoms with Crippen LogP contribution in [-0.4, -0.2) is 140 Å². The van der Waals surface area contributed by atoms with Gasteiger partial charge >= 0.3 is 0 Å². The van der Waals surface area contributed by atoms with Crippen molar-refractivity contribution >= 4 is 5.91 Å². The van der Waals surface area contributed by atoms with E-state index in [4.69, 9.17) is 18.9 Å². The number of aliphatic hydroxyl groups excluding tert-OH is 8. The van der Waals surface area contributed by atoms with E-state index in [0.717, 1.165) is 109 Å². The van der Waals surface area contributed by atoms with Crippen molar-refractivity contribution in [3.8, 4) is 0 Å². The molecule has 1 amide bonds. The summed E-state index contributed by atoms with van der Waals surface area (Å²) >= 11 is 0. The maximum Gasteiger partial charge on any atom is 0.220 e. The Morgan fingerprint density at radius 1 is 0.435 bits per heavy atom. The minimum absolute atomic E-state index is 0.219. The Morgan fingerprint density at radius 3 is 1.25 bits per heavy atom. The lowest BCUT2D eigenvalue weighted by atomic mass is 9.97. The summed E-state index contributed by atoms with van der Waals surface area (Å²) in [5.41, 5.74) is 0. The number of hydrogen-bond acceptors (Lipinski definition) is 13. The van der Waals surface area contributed by atoms with Crippen LogP contribution >= 0.6 is 0 Å². The molecule has 14 heteroatoms. The standard InChI is InChI=1S/C71H125NO13/c1-3-5-7-9-11-13-15-17-19-21-23-25-27-28-29-30-31-32-33-35-37-39-41-43-45-47-49-51-53-55-63(76)72-59(58-82-70-68(81)66(79)69(62(57-74)84-70)85-71-67(80)65(78)64(77)61(56-73)83-71)60(75)54-52-50-48-46-44-42-40-38-36-34-26-24-22-20-18-16-14-12-10-8-6-4-2/h5,7,11,13,17,19,23,25,28-29,31-32,35,37,59-62,64-71,73-75,77-81H,3-4,6,8-10,12,14-16,18,20-22,24,26-27,30,33-34,36,38-58H2,1-2H3,(H,72,76)/b7-5-,13-11-,19-17-,25-23-,29-28-,32-31-,37-35-. The molecule has 492 valence electrons. The topological polar surface area (TPSA) is 228 Å². The van der Waals surface area contributed by atoms with Crippen LogP contribution in [0.5, 0.6) is 0 Å². The summed E-state index contributed by atoms with van der Waals surface area (Å²) in [7, 11) is 0. The third-order valence-corrected chi connectivity index (χ3v) is 16.4. The number of nitrogens with one attached hydrogen (secondary N) is 1. The summed E-state index contributed by atoms with van der Waals surface area (Å²) in [6, 6.07) is -0.842. The highest BCUT2D eigenvalue weighted by atomic mass is 16.7. The van der Waals surface area contributed by atoms with Crippen molar-refractivity contribution < 1.29 is 64.6 Å². The average Bonchev–Trinajstić information content (AvgIpc) is 3.69. The molecule has 2 saturated heterocycles. The van der Waals surface area contributed by atoms with Crippen LogP contribution in [0.15, 0.2) is 85.1 Å². The predicted molar refractivity (Wildman–Crippen MR) is 346 cm³/mol. The first kappa shape index (κ1) is 78.3. The van der Waals surface area contributed by atoms with Crippen molar-refractivity contribution in [1.82, 2.24) is 5.32 Å². The fourth-order valence-corrected chi connectivity index (χ4v) is 10.9. The molecule has 0 aliphatic carbocycles. The lowest BCUT2D eigenvalue weighted by Gasteiger charge is -2.46. The summed E-state index contributed by atoms with van der Waals surface area (Å²) in [4.78, 5) is 13.3. The third-order valence-electron chi connectivity index (χ3n) is 16.4. The van der Waals surface area contributed by atoms with Crippen molar-refractivity contribution in [3.05, 3.63) is 85.1 Å². The second-order valence-corrected chi connectivity index (χ2v) is 23.9. The summed E-state index contributed by atoms with van der Waals surface area (Å²) in [6.07, 6.45) is 58.6. The molecule has 2 heterocycles. The number of amides is 1. The highest BCUT2D eigenvalue weighted by Gasteiger charge is 2.51. The number of hydrogen-bond donors (Lipinski definition) is 9. The Kier molecular flexibility index (Phi) is 50.9. The monoisotopic (exact) mass is 1200 g/mol. The van der Waals surface area contributed by atoms with Gasteiger partial charge in [-0.05, 0) is 70.6 Å². The van der Waals surface area contributed by atoms with Gasteiger partial charge in [-0.15, -0.1) is 0 Å². The molecule has 2 rings (SSSR count). The molecule has 85 heavy (non-hydrogen) atoms. The van der Waals surface area contributed by atoms with Crippen molar-refractivity contribution in [3.63, 3.8) is 0 Å². The molecule has 14 nitrogen and oxygen atoms in total. The second-order valence-electron chi connectivity index (χ2n) is 23.9. The Balaban J connectivity index is 1.70. The summed E-state index contributed by atoms with van der Waals surface area (Å²) in [5, 5.41) is 87.6. The van der Waals surface area contributed by atoms with E-state index in [9.17, 15) is 45.6 Å². The summed E-state index contributed by atoms with van der Waals surface area (Å²) in [5.74, 6) is -0.219. The number of carbonyl (C=O) groups excluding carboxylic acids is 1. The SMILES string of the molecule is CC/C=C\C/C=C\C/C=C\C/C=C\C/C=C\C/C=C\C/C=C\CCCCCCCCCC(=O)NC(COC1OC(CO)C(OC2OC(CO)C(O)C(O)C2O)C(O)C1O)C(O)CCCCCCCCCCCCCCCCCCCCCCCC. The maximum atomic E-state index is 13.3. The van der Waals surface area contributed by atoms with E-state index < -0.39 is 86.8 Å². The van der Waals surface area contributed by atoms with Gasteiger partial charge in [0, 0.05) is 6.42 Å². The average molecular weight is 1200 g/mol. The van der Waals surface area contributed by atoms with E-state index in [1.165, 1.54) is 122 Å². The van der Waals surface area contributed by atoms with Gasteiger partial charge in [-0.25, -0.2) is 0 Å². The fourth-order valence-electron chi connectivity index (χ4n) is 10.9. The highest BCUT2D eigenvalue weighted by molar-refractivity contribution is 5.76. The maximum absolute atomic E-state index is 13.3. The van der Waals surface area contributed by atoms with Crippen molar-refractivity contribution in [2.24, 2.45) is 0 Å². The molecular formula is C71H125NO13. The molecule has 0 bridgehead atoms. The van der Waals surface area contributed by atoms with Gasteiger partial charge in [0.05, 0.1) is 32.0 Å². The van der Waals surface area contributed by atoms with Gasteiger partial charge in [-0.2, -0.15) is 0 Å². The van der Waals surface area contributed by atoms with Crippen LogP contribution in [0.2, 0.25) is 0 Å². The van der Waals surface area contributed by atoms with E-state index in [2.05, 4.69) is 104 Å². The summed E-state index contributed by atoms with van der Waals surface area (Å²) < 4.78 is 22.9. The smallest absolute Gasteiger partial charge is 0.220 e. The van der Waals surface area contributed by atoms with Gasteiger partial charge in [-0.1, -0.05) is 272 Å². The quantitative estimate of drug-likeness (QED) is 0.0204. The number of allylic oxidation sites excluding steroid dienone is 14. The lowest BCUT2D eigenvalue weighted by molar-refractivity contribution is -0.359. The van der Waals surface area contributed by atoms with Crippen LogP contribution in [0.3, 0.4) is 0 Å². The molecule has 0 saturated carbocycles. The molecule has 0 aromatic rings. The van der Waals surface area contributed by atoms with Crippen LogP contribution in [0.1, 0.15) is 264 Å². The van der Waals surface area contributed by atoms with Crippen LogP contribution in [-0.2, 0) is 23.7 Å². The largest absolute Gasteiger partial charge is 0.394 e. The second kappa shape index (κ2) is 55.3. The van der Waals surface area contributed by atoms with Crippen LogP contribution in [0.25, 0.3) is 0 Å². The van der Waals surface area contributed by atoms with Gasteiger partial charge in [0.25, 0.3) is 0 Å². The van der Waals surface area contributed by atoms with E-state index in [1.54, 1.807) is 0 Å². The predicted octanol–water partition coefficient (Wildman–Crippen LogP) is 13.6. The number of ether oxygens (including phenoxy) is 4. The van der Waals surface area contributed by atoms with Crippen molar-refractivity contribution in [2.75, 3.05) is 19.8 Å². The van der Waals surface area contributed by atoms with Gasteiger partial charge in [0.1, 0.15) is 48.8 Å². The first-order valence-corrected chi connectivity index (χ1v) is 34.3. The van der Waals surface area contributed by atoms with Gasteiger partial charge in [0.15, 0.2) is 12.6 Å². The highest BCUT2D eigenvalue weighted by Crippen LogP contribution is 2.30. The molecule has 2 aliphatic rings. The van der Waals surface area contributed by atoms with E-state index in [1.807, 2.05) is 0 Å². The first-order valence-electron chi connectivity index (χ1n) is 34.3. The van der Waals surface area contributed by atoms with Gasteiger partial charge in [-0.3, -0.25) is 4.79 Å². The van der Waals surface area contributed by atoms with E-state index >= 15 is 0 Å². The number of unbranched alkanes of at least 4 members (excludes halogenated alkanes) is 28. The molecule has 0 radical (unpaired) electrons. The zero-order chi connectivity index (χ0) is 61.6. The fraction of sp³-hybridized carbons (Fsp3) is 0.789. The van der Waals surface area contributed by atoms with E-state index in [-0.39, 0.29) is 18.9 Å².